The third kappa shape index (κ3) is 2.42. The van der Waals surface area contributed by atoms with E-state index >= 15 is 0 Å². The van der Waals surface area contributed by atoms with Crippen LogP contribution in [0.3, 0.4) is 0 Å². The van der Waals surface area contributed by atoms with Crippen LogP contribution in [0.2, 0.25) is 0 Å². The average molecular weight is 338 g/mol. The molecule has 3 nitrogen and oxygen atoms in total. The summed E-state index contributed by atoms with van der Waals surface area (Å²) in [6.45, 7) is 1.74. The highest BCUT2D eigenvalue weighted by Crippen LogP contribution is 2.29. The van der Waals surface area contributed by atoms with Crippen molar-refractivity contribution < 1.29 is 9.50 Å². The number of thiophene rings is 1. The van der Waals surface area contributed by atoms with Crippen molar-refractivity contribution in [3.8, 4) is 22.4 Å². The van der Waals surface area contributed by atoms with Crippen LogP contribution in [0.25, 0.3) is 28.0 Å². The molecular weight excluding hydrogens is 323 g/mol. The molecule has 24 heavy (non-hydrogen) atoms. The zero-order valence-corrected chi connectivity index (χ0v) is 13.8. The largest absolute Gasteiger partial charge is 0.392 e. The smallest absolute Gasteiger partial charge is 0.137 e. The van der Waals surface area contributed by atoms with E-state index in [-0.39, 0.29) is 6.61 Å². The number of aliphatic hydroxyl groups is 1. The maximum atomic E-state index is 13.9. The van der Waals surface area contributed by atoms with Gasteiger partial charge in [-0.2, -0.15) is 11.3 Å². The van der Waals surface area contributed by atoms with E-state index in [1.54, 1.807) is 17.4 Å². The number of nitrogens with zero attached hydrogens (tertiary/aromatic N) is 2. The lowest BCUT2D eigenvalue weighted by Crippen LogP contribution is -1.95. The predicted molar refractivity (Wildman–Crippen MR) is 94.6 cm³/mol. The Balaban J connectivity index is 1.85. The van der Waals surface area contributed by atoms with Crippen LogP contribution in [0.1, 0.15) is 11.1 Å². The fourth-order valence-electron chi connectivity index (χ4n) is 2.89. The van der Waals surface area contributed by atoms with Crippen molar-refractivity contribution in [1.82, 2.24) is 9.38 Å². The number of halogens is 1. The lowest BCUT2D eigenvalue weighted by Gasteiger charge is -2.09. The molecule has 4 aromatic rings. The van der Waals surface area contributed by atoms with Crippen molar-refractivity contribution in [3.63, 3.8) is 0 Å². The molecule has 0 saturated heterocycles. The Kier molecular flexibility index (Phi) is 3.67. The molecule has 0 aliphatic rings. The fourth-order valence-corrected chi connectivity index (χ4v) is 3.74. The van der Waals surface area contributed by atoms with Crippen molar-refractivity contribution in [2.24, 2.45) is 0 Å². The zero-order valence-electron chi connectivity index (χ0n) is 13.0. The standard InChI is InChI=1S/C19H15FN2OS/c1-12-10-24-11-16(12)18-8-22-7-13(5-6-19(22)21-18)14-3-2-4-17(20)15(14)9-23/h2-8,10-11,23H,9H2,1H3. The molecule has 0 radical (unpaired) electrons. The summed E-state index contributed by atoms with van der Waals surface area (Å²) in [6.07, 6.45) is 3.90. The molecule has 1 aromatic carbocycles. The summed E-state index contributed by atoms with van der Waals surface area (Å²) in [6, 6.07) is 8.65. The summed E-state index contributed by atoms with van der Waals surface area (Å²) in [4.78, 5) is 4.66. The van der Waals surface area contributed by atoms with Crippen molar-refractivity contribution in [2.75, 3.05) is 0 Å². The first-order valence-electron chi connectivity index (χ1n) is 7.58. The SMILES string of the molecule is Cc1cscc1-c1cn2cc(-c3cccc(F)c3CO)ccc2n1. The van der Waals surface area contributed by atoms with Gasteiger partial charge in [0.1, 0.15) is 11.5 Å². The molecule has 0 spiro atoms. The number of aromatic nitrogens is 2. The Labute approximate surface area is 142 Å². The van der Waals surface area contributed by atoms with E-state index < -0.39 is 5.82 Å². The first kappa shape index (κ1) is 15.1. The number of hydrogen-bond donors (Lipinski definition) is 1. The number of benzene rings is 1. The number of aliphatic hydroxyl groups excluding tert-OH is 1. The van der Waals surface area contributed by atoms with E-state index in [1.165, 1.54) is 11.6 Å². The van der Waals surface area contributed by atoms with Gasteiger partial charge in [0.25, 0.3) is 0 Å². The minimum atomic E-state index is -0.393. The molecule has 0 aliphatic carbocycles. The number of aryl methyl sites for hydroxylation is 1. The molecule has 3 aromatic heterocycles. The van der Waals surface area contributed by atoms with Crippen LogP contribution in [0.4, 0.5) is 4.39 Å². The molecule has 0 bridgehead atoms. The van der Waals surface area contributed by atoms with Gasteiger partial charge in [-0.1, -0.05) is 12.1 Å². The molecule has 3 heterocycles. The van der Waals surface area contributed by atoms with E-state index in [4.69, 9.17) is 0 Å². The average Bonchev–Trinajstić information content (AvgIpc) is 3.19. The van der Waals surface area contributed by atoms with Gasteiger partial charge in [0.2, 0.25) is 0 Å². The summed E-state index contributed by atoms with van der Waals surface area (Å²) in [5.41, 5.74) is 5.95. The number of rotatable bonds is 3. The highest BCUT2D eigenvalue weighted by Gasteiger charge is 2.12. The van der Waals surface area contributed by atoms with Gasteiger partial charge in [-0.05, 0) is 47.2 Å². The topological polar surface area (TPSA) is 37.5 Å². The molecule has 0 atom stereocenters. The van der Waals surface area contributed by atoms with Crippen LogP contribution in [0.15, 0.2) is 53.5 Å². The molecule has 0 fully saturated rings. The monoisotopic (exact) mass is 338 g/mol. The van der Waals surface area contributed by atoms with Crippen LogP contribution < -0.4 is 0 Å². The van der Waals surface area contributed by atoms with Gasteiger partial charge in [0.05, 0.1) is 12.3 Å². The summed E-state index contributed by atoms with van der Waals surface area (Å²) in [7, 11) is 0. The lowest BCUT2D eigenvalue weighted by atomic mass is 10.0. The highest BCUT2D eigenvalue weighted by molar-refractivity contribution is 7.08. The van der Waals surface area contributed by atoms with E-state index in [2.05, 4.69) is 22.7 Å². The van der Waals surface area contributed by atoms with Gasteiger partial charge in [-0.3, -0.25) is 0 Å². The minimum Gasteiger partial charge on any atom is -0.392 e. The summed E-state index contributed by atoms with van der Waals surface area (Å²) >= 11 is 1.66. The van der Waals surface area contributed by atoms with Crippen LogP contribution in [-0.2, 0) is 6.61 Å². The Hall–Kier alpha value is -2.50. The van der Waals surface area contributed by atoms with Crippen LogP contribution in [0.5, 0.6) is 0 Å². The van der Waals surface area contributed by atoms with Gasteiger partial charge < -0.3 is 9.51 Å². The van der Waals surface area contributed by atoms with Crippen molar-refractivity contribution >= 4 is 17.0 Å². The number of pyridine rings is 1. The quantitative estimate of drug-likeness (QED) is 0.589. The Bertz CT molecular complexity index is 1030. The third-order valence-electron chi connectivity index (χ3n) is 4.17. The van der Waals surface area contributed by atoms with Crippen LogP contribution in [-0.4, -0.2) is 14.5 Å². The number of imidazole rings is 1. The van der Waals surface area contributed by atoms with Crippen molar-refractivity contribution in [3.05, 3.63) is 70.4 Å². The molecule has 0 saturated carbocycles. The number of hydrogen-bond acceptors (Lipinski definition) is 3. The molecule has 5 heteroatoms. The van der Waals surface area contributed by atoms with E-state index in [1.807, 2.05) is 35.0 Å². The van der Waals surface area contributed by atoms with E-state index in [9.17, 15) is 9.50 Å². The molecule has 120 valence electrons. The van der Waals surface area contributed by atoms with Crippen molar-refractivity contribution in [1.29, 1.82) is 0 Å². The molecule has 0 amide bonds. The second-order valence-corrected chi connectivity index (χ2v) is 6.45. The van der Waals surface area contributed by atoms with Crippen molar-refractivity contribution in [2.45, 2.75) is 13.5 Å². The maximum absolute atomic E-state index is 13.9. The normalized spacial score (nSPS) is 11.3. The summed E-state index contributed by atoms with van der Waals surface area (Å²) < 4.78 is 15.8. The van der Waals surface area contributed by atoms with Gasteiger partial charge in [0.15, 0.2) is 0 Å². The molecule has 0 aliphatic heterocycles. The van der Waals surface area contributed by atoms with Gasteiger partial charge >= 0.3 is 0 Å². The van der Waals surface area contributed by atoms with E-state index in [0.29, 0.717) is 11.1 Å². The Morgan fingerprint density at radius 1 is 1.12 bits per heavy atom. The minimum absolute atomic E-state index is 0.311. The predicted octanol–water partition coefficient (Wildman–Crippen LogP) is 4.67. The maximum Gasteiger partial charge on any atom is 0.137 e. The molecule has 1 N–H and O–H groups in total. The second-order valence-electron chi connectivity index (χ2n) is 5.70. The summed E-state index contributed by atoms with van der Waals surface area (Å²) in [5.74, 6) is -0.393. The van der Waals surface area contributed by atoms with E-state index in [0.717, 1.165) is 22.5 Å². The Morgan fingerprint density at radius 2 is 2.00 bits per heavy atom. The second kappa shape index (κ2) is 5.85. The summed E-state index contributed by atoms with van der Waals surface area (Å²) in [5, 5.41) is 13.7. The lowest BCUT2D eigenvalue weighted by molar-refractivity contribution is 0.276. The first-order valence-corrected chi connectivity index (χ1v) is 8.52. The third-order valence-corrected chi connectivity index (χ3v) is 5.03. The Morgan fingerprint density at radius 3 is 2.75 bits per heavy atom. The number of fused-ring (bicyclic) bond motifs is 1. The first-order chi connectivity index (χ1) is 11.7. The van der Waals surface area contributed by atoms with Gasteiger partial charge in [0, 0.05) is 28.9 Å². The zero-order chi connectivity index (χ0) is 16.7. The highest BCUT2D eigenvalue weighted by atomic mass is 32.1. The van der Waals surface area contributed by atoms with Crippen LogP contribution in [0, 0.1) is 12.7 Å². The fraction of sp³-hybridized carbons (Fsp3) is 0.105. The molecule has 4 rings (SSSR count). The van der Waals surface area contributed by atoms with Gasteiger partial charge in [-0.25, -0.2) is 9.37 Å². The molecular formula is C19H15FN2OS. The van der Waals surface area contributed by atoms with Crippen LogP contribution >= 0.6 is 11.3 Å². The van der Waals surface area contributed by atoms with Gasteiger partial charge in [-0.15, -0.1) is 0 Å². The molecule has 0 unspecified atom stereocenters.